The molecule has 1 atom stereocenters. The van der Waals surface area contributed by atoms with E-state index in [9.17, 15) is 4.79 Å². The summed E-state index contributed by atoms with van der Waals surface area (Å²) in [6, 6.07) is 15.7. The van der Waals surface area contributed by atoms with Gasteiger partial charge in [0.1, 0.15) is 23.3 Å². The van der Waals surface area contributed by atoms with Crippen molar-refractivity contribution in [2.24, 2.45) is 0 Å². The molecule has 156 valence electrons. The van der Waals surface area contributed by atoms with Crippen LogP contribution in [0, 0.1) is 0 Å². The first-order chi connectivity index (χ1) is 14.6. The smallest absolute Gasteiger partial charge is 0.234 e. The molecule has 4 rings (SSSR count). The van der Waals surface area contributed by atoms with Gasteiger partial charge in [-0.3, -0.25) is 9.69 Å². The number of carbonyl (C=O) groups excluding carboxylic acids is 1. The van der Waals surface area contributed by atoms with Crippen molar-refractivity contribution >= 4 is 5.91 Å². The molecule has 0 saturated carbocycles. The highest BCUT2D eigenvalue weighted by molar-refractivity contribution is 5.78. The van der Waals surface area contributed by atoms with Gasteiger partial charge in [0, 0.05) is 37.0 Å². The summed E-state index contributed by atoms with van der Waals surface area (Å²) in [6.45, 7) is 4.17. The minimum absolute atomic E-state index is 0.0216. The molecular weight excluding hydrogens is 380 g/mol. The van der Waals surface area contributed by atoms with Gasteiger partial charge in [-0.05, 0) is 25.1 Å². The lowest BCUT2D eigenvalue weighted by molar-refractivity contribution is -0.122. The molecule has 1 aliphatic heterocycles. The summed E-state index contributed by atoms with van der Waals surface area (Å²) in [5, 5.41) is 7.39. The van der Waals surface area contributed by atoms with Crippen LogP contribution in [-0.2, 0) is 17.9 Å². The zero-order valence-electron chi connectivity index (χ0n) is 17.2. The summed E-state index contributed by atoms with van der Waals surface area (Å²) < 4.78 is 13.1. The molecule has 0 aliphatic carbocycles. The van der Waals surface area contributed by atoms with Crippen LogP contribution in [0.4, 0.5) is 0 Å². The molecular formula is C23H26N4O3. The molecule has 2 aromatic carbocycles. The van der Waals surface area contributed by atoms with Gasteiger partial charge in [-0.25, -0.2) is 4.68 Å². The third-order valence-electron chi connectivity index (χ3n) is 5.03. The molecule has 7 nitrogen and oxygen atoms in total. The van der Waals surface area contributed by atoms with Gasteiger partial charge in [0.05, 0.1) is 19.9 Å². The number of ether oxygens (including phenoxy) is 2. The molecule has 7 heteroatoms. The van der Waals surface area contributed by atoms with Gasteiger partial charge in [-0.1, -0.05) is 30.3 Å². The van der Waals surface area contributed by atoms with Gasteiger partial charge < -0.3 is 14.8 Å². The maximum absolute atomic E-state index is 12.6. The number of hydrogen-bond acceptors (Lipinski definition) is 5. The number of para-hydroxylation sites is 3. The first-order valence-corrected chi connectivity index (χ1v) is 10.0. The maximum Gasteiger partial charge on any atom is 0.234 e. The van der Waals surface area contributed by atoms with E-state index in [1.165, 1.54) is 0 Å². The molecule has 0 radical (unpaired) electrons. The number of benzene rings is 2. The van der Waals surface area contributed by atoms with E-state index in [0.29, 0.717) is 26.2 Å². The highest BCUT2D eigenvalue weighted by Crippen LogP contribution is 2.24. The monoisotopic (exact) mass is 406 g/mol. The quantitative estimate of drug-likeness (QED) is 0.682. The first kappa shape index (κ1) is 20.0. The SMILES string of the molecule is COc1ccccc1-n1cc(CNC(=O)CN2Cc3ccccc3OC(C)C2)cn1. The molecule has 30 heavy (non-hydrogen) atoms. The molecule has 2 heterocycles. The normalized spacial score (nSPS) is 16.3. The average molecular weight is 406 g/mol. The number of aromatic nitrogens is 2. The molecule has 1 unspecified atom stereocenters. The van der Waals surface area contributed by atoms with Crippen LogP contribution in [0.5, 0.6) is 11.5 Å². The number of rotatable bonds is 6. The Balaban J connectivity index is 1.35. The molecule has 1 aromatic heterocycles. The van der Waals surface area contributed by atoms with E-state index in [1.807, 2.05) is 61.7 Å². The van der Waals surface area contributed by atoms with Gasteiger partial charge in [0.2, 0.25) is 5.91 Å². The molecule has 0 fully saturated rings. The van der Waals surface area contributed by atoms with Gasteiger partial charge in [0.15, 0.2) is 0 Å². The zero-order valence-corrected chi connectivity index (χ0v) is 17.2. The summed E-state index contributed by atoms with van der Waals surface area (Å²) >= 11 is 0. The Hall–Kier alpha value is -3.32. The van der Waals surface area contributed by atoms with E-state index in [1.54, 1.807) is 18.0 Å². The highest BCUT2D eigenvalue weighted by Gasteiger charge is 2.21. The Morgan fingerprint density at radius 1 is 1.23 bits per heavy atom. The first-order valence-electron chi connectivity index (χ1n) is 10.0. The van der Waals surface area contributed by atoms with E-state index in [4.69, 9.17) is 9.47 Å². The largest absolute Gasteiger partial charge is 0.494 e. The van der Waals surface area contributed by atoms with Crippen molar-refractivity contribution in [1.29, 1.82) is 0 Å². The summed E-state index contributed by atoms with van der Waals surface area (Å²) in [5.74, 6) is 1.62. The average Bonchev–Trinajstić information content (AvgIpc) is 3.16. The van der Waals surface area contributed by atoms with Crippen molar-refractivity contribution in [2.75, 3.05) is 20.2 Å². The van der Waals surface area contributed by atoms with Crippen molar-refractivity contribution in [3.63, 3.8) is 0 Å². The summed E-state index contributed by atoms with van der Waals surface area (Å²) in [7, 11) is 1.64. The highest BCUT2D eigenvalue weighted by atomic mass is 16.5. The fourth-order valence-corrected chi connectivity index (χ4v) is 3.65. The number of amides is 1. The molecule has 1 amide bonds. The summed E-state index contributed by atoms with van der Waals surface area (Å²) in [5.41, 5.74) is 2.88. The van der Waals surface area contributed by atoms with E-state index in [-0.39, 0.29) is 12.0 Å². The number of carbonyl (C=O) groups is 1. The lowest BCUT2D eigenvalue weighted by Crippen LogP contribution is -2.39. The second-order valence-corrected chi connectivity index (χ2v) is 7.45. The van der Waals surface area contributed by atoms with Crippen molar-refractivity contribution < 1.29 is 14.3 Å². The summed E-state index contributed by atoms with van der Waals surface area (Å²) in [6.07, 6.45) is 3.68. The second-order valence-electron chi connectivity index (χ2n) is 7.45. The molecule has 0 saturated heterocycles. The molecule has 0 bridgehead atoms. The molecule has 0 spiro atoms. The fraction of sp³-hybridized carbons (Fsp3) is 0.304. The zero-order chi connectivity index (χ0) is 20.9. The number of methoxy groups -OCH3 is 1. The second kappa shape index (κ2) is 9.00. The fourth-order valence-electron chi connectivity index (χ4n) is 3.65. The lowest BCUT2D eigenvalue weighted by atomic mass is 10.2. The topological polar surface area (TPSA) is 68.6 Å². The molecule has 1 aliphatic rings. The van der Waals surface area contributed by atoms with Crippen LogP contribution >= 0.6 is 0 Å². The Morgan fingerprint density at radius 2 is 2.03 bits per heavy atom. The third-order valence-corrected chi connectivity index (χ3v) is 5.03. The summed E-state index contributed by atoms with van der Waals surface area (Å²) in [4.78, 5) is 14.7. The van der Waals surface area contributed by atoms with E-state index >= 15 is 0 Å². The Morgan fingerprint density at radius 3 is 2.90 bits per heavy atom. The van der Waals surface area contributed by atoms with Crippen LogP contribution in [0.3, 0.4) is 0 Å². The van der Waals surface area contributed by atoms with Crippen molar-refractivity contribution in [3.8, 4) is 17.2 Å². The van der Waals surface area contributed by atoms with Crippen LogP contribution in [-0.4, -0.2) is 46.9 Å². The minimum Gasteiger partial charge on any atom is -0.494 e. The lowest BCUT2D eigenvalue weighted by Gasteiger charge is -2.21. The molecule has 3 aromatic rings. The number of fused-ring (bicyclic) bond motifs is 1. The minimum atomic E-state index is -0.0216. The Labute approximate surface area is 176 Å². The number of hydrogen-bond donors (Lipinski definition) is 1. The van der Waals surface area contributed by atoms with Crippen LogP contribution < -0.4 is 14.8 Å². The third kappa shape index (κ3) is 4.63. The van der Waals surface area contributed by atoms with Crippen molar-refractivity contribution in [1.82, 2.24) is 20.0 Å². The van der Waals surface area contributed by atoms with Crippen molar-refractivity contribution in [3.05, 3.63) is 72.1 Å². The maximum atomic E-state index is 12.6. The Bertz CT molecular complexity index is 1020. The van der Waals surface area contributed by atoms with Gasteiger partial charge in [-0.15, -0.1) is 0 Å². The van der Waals surface area contributed by atoms with Gasteiger partial charge in [-0.2, -0.15) is 5.10 Å². The van der Waals surface area contributed by atoms with E-state index in [0.717, 1.165) is 28.3 Å². The van der Waals surface area contributed by atoms with Crippen LogP contribution in [0.1, 0.15) is 18.1 Å². The predicted octanol–water partition coefficient (Wildman–Crippen LogP) is 2.78. The molecule has 1 N–H and O–H groups in total. The van der Waals surface area contributed by atoms with Gasteiger partial charge >= 0.3 is 0 Å². The van der Waals surface area contributed by atoms with Gasteiger partial charge in [0.25, 0.3) is 0 Å². The number of nitrogens with one attached hydrogen (secondary N) is 1. The standard InChI is InChI=1S/C23H26N4O3/c1-17-13-26(15-19-7-3-5-9-21(19)30-17)16-23(28)24-11-18-12-25-27(14-18)20-8-4-6-10-22(20)29-2/h3-10,12,14,17H,11,13,15-16H2,1-2H3,(H,24,28). The number of nitrogens with zero attached hydrogens (tertiary/aromatic N) is 3. The van der Waals surface area contributed by atoms with Crippen LogP contribution in [0.15, 0.2) is 60.9 Å². The predicted molar refractivity (Wildman–Crippen MR) is 114 cm³/mol. The van der Waals surface area contributed by atoms with E-state index in [2.05, 4.69) is 15.3 Å². The Kier molecular flexibility index (Phi) is 5.99. The van der Waals surface area contributed by atoms with Crippen LogP contribution in [0.2, 0.25) is 0 Å². The van der Waals surface area contributed by atoms with Crippen molar-refractivity contribution in [2.45, 2.75) is 26.1 Å². The van der Waals surface area contributed by atoms with E-state index < -0.39 is 0 Å². The van der Waals surface area contributed by atoms with Crippen LogP contribution in [0.25, 0.3) is 5.69 Å².